The van der Waals surface area contributed by atoms with E-state index in [9.17, 15) is 0 Å². The van der Waals surface area contributed by atoms with Crippen molar-refractivity contribution in [3.8, 4) is 22.3 Å². The molecule has 4 rings (SSSR count). The predicted octanol–water partition coefficient (Wildman–Crippen LogP) is 7.70. The maximum atomic E-state index is 3.62. The van der Waals surface area contributed by atoms with E-state index in [0.29, 0.717) is 0 Å². The summed E-state index contributed by atoms with van der Waals surface area (Å²) in [5.74, 6) is 0. The zero-order valence-electron chi connectivity index (χ0n) is 12.8. The number of halogens is 2. The van der Waals surface area contributed by atoms with Crippen LogP contribution in [0.25, 0.3) is 33.0 Å². The summed E-state index contributed by atoms with van der Waals surface area (Å²) in [6, 6.07) is 30.0. The van der Waals surface area contributed by atoms with Crippen LogP contribution in [-0.2, 0) is 0 Å². The summed E-state index contributed by atoms with van der Waals surface area (Å²) in [7, 11) is 0. The molecule has 4 aromatic rings. The lowest BCUT2D eigenvalue weighted by atomic mass is 9.97. The lowest BCUT2D eigenvalue weighted by molar-refractivity contribution is 1.58. The van der Waals surface area contributed by atoms with E-state index in [2.05, 4.69) is 117 Å². The number of hydrogen-bond acceptors (Lipinski definition) is 0. The largest absolute Gasteiger partial charge is 0.0610 e. The Balaban J connectivity index is 1.81. The Kier molecular flexibility index (Phi) is 4.26. The fraction of sp³-hybridized carbons (Fsp3) is 0. The molecule has 0 aliphatic heterocycles. The Morgan fingerprint density at radius 2 is 1.12 bits per heavy atom. The summed E-state index contributed by atoms with van der Waals surface area (Å²) in [6.45, 7) is 0. The second-order valence-electron chi connectivity index (χ2n) is 5.77. The molecule has 0 aliphatic carbocycles. The molecule has 0 saturated heterocycles. The zero-order valence-corrected chi connectivity index (χ0v) is 16.0. The van der Waals surface area contributed by atoms with Crippen molar-refractivity contribution in [3.63, 3.8) is 0 Å². The maximum absolute atomic E-state index is 3.62. The van der Waals surface area contributed by atoms with Gasteiger partial charge in [-0.15, -0.1) is 0 Å². The fourth-order valence-electron chi connectivity index (χ4n) is 2.97. The highest BCUT2D eigenvalue weighted by Crippen LogP contribution is 2.31. The molecule has 0 atom stereocenters. The van der Waals surface area contributed by atoms with Crippen molar-refractivity contribution in [2.45, 2.75) is 0 Å². The molecule has 0 radical (unpaired) electrons. The van der Waals surface area contributed by atoms with Crippen LogP contribution in [-0.4, -0.2) is 0 Å². The second kappa shape index (κ2) is 6.54. The van der Waals surface area contributed by atoms with Crippen LogP contribution < -0.4 is 0 Å². The van der Waals surface area contributed by atoms with E-state index in [1.54, 1.807) is 0 Å². The van der Waals surface area contributed by atoms with Gasteiger partial charge in [0.15, 0.2) is 0 Å². The molecular formula is C22H14Br2. The molecule has 0 spiro atoms. The summed E-state index contributed by atoms with van der Waals surface area (Å²) in [6.07, 6.45) is 0. The van der Waals surface area contributed by atoms with E-state index in [1.807, 2.05) is 0 Å². The van der Waals surface area contributed by atoms with Gasteiger partial charge >= 0.3 is 0 Å². The third-order valence-electron chi connectivity index (χ3n) is 4.18. The number of hydrogen-bond donors (Lipinski definition) is 0. The Morgan fingerprint density at radius 1 is 0.500 bits per heavy atom. The van der Waals surface area contributed by atoms with Gasteiger partial charge in [-0.25, -0.2) is 0 Å². The van der Waals surface area contributed by atoms with Crippen LogP contribution in [0.4, 0.5) is 0 Å². The normalized spacial score (nSPS) is 10.9. The standard InChI is InChI=1S/C22H14Br2/c23-20-8-2-6-17(14-20)15-4-1-5-16(12-15)18-10-11-21-19(13-18)7-3-9-22(21)24/h1-14H. The van der Waals surface area contributed by atoms with Gasteiger partial charge in [-0.05, 0) is 63.4 Å². The van der Waals surface area contributed by atoms with Crippen molar-refractivity contribution in [2.24, 2.45) is 0 Å². The van der Waals surface area contributed by atoms with E-state index in [4.69, 9.17) is 0 Å². The van der Waals surface area contributed by atoms with Crippen molar-refractivity contribution >= 4 is 42.6 Å². The topological polar surface area (TPSA) is 0 Å². The van der Waals surface area contributed by atoms with E-state index < -0.39 is 0 Å². The molecule has 0 fully saturated rings. The van der Waals surface area contributed by atoms with Crippen LogP contribution in [0.1, 0.15) is 0 Å². The molecule has 0 aliphatic rings. The number of rotatable bonds is 2. The van der Waals surface area contributed by atoms with Crippen LogP contribution in [0.5, 0.6) is 0 Å². The Hall–Kier alpha value is -1.90. The molecule has 0 amide bonds. The molecule has 0 N–H and O–H groups in total. The van der Waals surface area contributed by atoms with E-state index >= 15 is 0 Å². The third-order valence-corrected chi connectivity index (χ3v) is 5.37. The summed E-state index contributed by atoms with van der Waals surface area (Å²) in [5, 5.41) is 2.49. The number of benzene rings is 4. The molecular weight excluding hydrogens is 424 g/mol. The average molecular weight is 438 g/mol. The SMILES string of the molecule is Brc1cccc(-c2cccc(-c3ccc4c(Br)cccc4c3)c2)c1. The smallest absolute Gasteiger partial charge is 0.0253 e. The molecule has 0 aromatic heterocycles. The maximum Gasteiger partial charge on any atom is 0.0253 e. The van der Waals surface area contributed by atoms with Crippen LogP contribution in [0.3, 0.4) is 0 Å². The molecule has 24 heavy (non-hydrogen) atoms. The minimum atomic E-state index is 1.10. The summed E-state index contributed by atoms with van der Waals surface area (Å²) >= 11 is 7.17. The Morgan fingerprint density at radius 3 is 1.88 bits per heavy atom. The van der Waals surface area contributed by atoms with Gasteiger partial charge in [0.05, 0.1) is 0 Å². The summed E-state index contributed by atoms with van der Waals surface area (Å²) in [4.78, 5) is 0. The highest BCUT2D eigenvalue weighted by atomic mass is 79.9. The monoisotopic (exact) mass is 436 g/mol. The lowest BCUT2D eigenvalue weighted by Gasteiger charge is -2.08. The molecule has 0 saturated carbocycles. The van der Waals surface area contributed by atoms with Crippen molar-refractivity contribution in [1.29, 1.82) is 0 Å². The first-order valence-corrected chi connectivity index (χ1v) is 9.34. The zero-order chi connectivity index (χ0) is 16.5. The lowest BCUT2D eigenvalue weighted by Crippen LogP contribution is -1.83. The predicted molar refractivity (Wildman–Crippen MR) is 110 cm³/mol. The van der Waals surface area contributed by atoms with Crippen molar-refractivity contribution < 1.29 is 0 Å². The number of fused-ring (bicyclic) bond motifs is 1. The second-order valence-corrected chi connectivity index (χ2v) is 7.54. The first kappa shape index (κ1) is 15.6. The quantitative estimate of drug-likeness (QED) is 0.301. The molecule has 4 aromatic carbocycles. The molecule has 2 heteroatoms. The highest BCUT2D eigenvalue weighted by molar-refractivity contribution is 9.11. The average Bonchev–Trinajstić information content (AvgIpc) is 2.62. The summed E-state index contributed by atoms with van der Waals surface area (Å²) < 4.78 is 2.23. The minimum absolute atomic E-state index is 1.10. The van der Waals surface area contributed by atoms with Crippen molar-refractivity contribution in [2.75, 3.05) is 0 Å². The molecule has 0 bridgehead atoms. The molecule has 116 valence electrons. The van der Waals surface area contributed by atoms with Gasteiger partial charge in [-0.1, -0.05) is 86.5 Å². The minimum Gasteiger partial charge on any atom is -0.0610 e. The van der Waals surface area contributed by atoms with Gasteiger partial charge in [0.25, 0.3) is 0 Å². The van der Waals surface area contributed by atoms with Crippen LogP contribution >= 0.6 is 31.9 Å². The van der Waals surface area contributed by atoms with Crippen LogP contribution in [0.2, 0.25) is 0 Å². The fourth-order valence-corrected chi connectivity index (χ4v) is 3.88. The van der Waals surface area contributed by atoms with E-state index in [-0.39, 0.29) is 0 Å². The third kappa shape index (κ3) is 3.04. The van der Waals surface area contributed by atoms with Gasteiger partial charge in [-0.2, -0.15) is 0 Å². The van der Waals surface area contributed by atoms with Gasteiger partial charge in [0, 0.05) is 8.95 Å². The molecule has 0 nitrogen and oxygen atoms in total. The Bertz CT molecular complexity index is 1030. The van der Waals surface area contributed by atoms with Gasteiger partial charge in [0.1, 0.15) is 0 Å². The van der Waals surface area contributed by atoms with Crippen molar-refractivity contribution in [1.82, 2.24) is 0 Å². The van der Waals surface area contributed by atoms with Gasteiger partial charge < -0.3 is 0 Å². The highest BCUT2D eigenvalue weighted by Gasteiger charge is 2.04. The Labute approximate surface area is 158 Å². The first-order chi connectivity index (χ1) is 11.7. The van der Waals surface area contributed by atoms with Crippen molar-refractivity contribution in [3.05, 3.63) is 93.9 Å². The first-order valence-electron chi connectivity index (χ1n) is 7.75. The van der Waals surface area contributed by atoms with Gasteiger partial charge in [-0.3, -0.25) is 0 Å². The molecule has 0 heterocycles. The molecule has 0 unspecified atom stereocenters. The van der Waals surface area contributed by atoms with Crippen LogP contribution in [0.15, 0.2) is 93.9 Å². The summed E-state index contributed by atoms with van der Waals surface area (Å²) in [5.41, 5.74) is 4.91. The van der Waals surface area contributed by atoms with Crippen LogP contribution in [0, 0.1) is 0 Å². The van der Waals surface area contributed by atoms with Gasteiger partial charge in [0.2, 0.25) is 0 Å². The van der Waals surface area contributed by atoms with E-state index in [0.717, 1.165) is 8.95 Å². The van der Waals surface area contributed by atoms with E-state index in [1.165, 1.54) is 33.0 Å².